The lowest BCUT2D eigenvalue weighted by atomic mass is 10.2. The molecule has 0 unspecified atom stereocenters. The van der Waals surface area contributed by atoms with E-state index in [-0.39, 0.29) is 10.8 Å². The molecule has 2 N–H and O–H groups in total. The molecule has 3 aromatic rings. The van der Waals surface area contributed by atoms with E-state index in [9.17, 15) is 18.0 Å². The summed E-state index contributed by atoms with van der Waals surface area (Å²) >= 11 is 5.04. The minimum absolute atomic E-state index is 0.116. The summed E-state index contributed by atoms with van der Waals surface area (Å²) in [7, 11) is 0. The number of ether oxygens (including phenoxy) is 1. The Morgan fingerprint density at radius 1 is 0.933 bits per heavy atom. The van der Waals surface area contributed by atoms with Crippen LogP contribution >= 0.6 is 12.2 Å². The summed E-state index contributed by atoms with van der Waals surface area (Å²) < 4.78 is 44.1. The molecule has 0 heterocycles. The van der Waals surface area contributed by atoms with E-state index in [0.717, 1.165) is 17.7 Å². The third-order valence-electron chi connectivity index (χ3n) is 4.02. The number of carbonyl (C=O) groups is 1. The van der Waals surface area contributed by atoms with Gasteiger partial charge in [0.25, 0.3) is 5.91 Å². The molecule has 0 fully saturated rings. The lowest BCUT2D eigenvalue weighted by Crippen LogP contribution is -2.34. The van der Waals surface area contributed by atoms with Crippen LogP contribution in [-0.4, -0.2) is 11.0 Å². The average Bonchev–Trinajstić information content (AvgIpc) is 2.73. The van der Waals surface area contributed by atoms with E-state index in [1.807, 2.05) is 30.3 Å². The zero-order valence-electron chi connectivity index (χ0n) is 15.6. The fraction of sp³-hybridized carbons (Fsp3) is 0.0909. The number of anilines is 1. The normalized spacial score (nSPS) is 10.9. The van der Waals surface area contributed by atoms with Crippen molar-refractivity contribution >= 4 is 28.9 Å². The van der Waals surface area contributed by atoms with E-state index in [1.54, 1.807) is 24.3 Å². The second-order valence-electron chi connectivity index (χ2n) is 6.29. The number of amides is 1. The van der Waals surface area contributed by atoms with Gasteiger partial charge in [0.05, 0.1) is 5.56 Å². The topological polar surface area (TPSA) is 50.4 Å². The van der Waals surface area contributed by atoms with Gasteiger partial charge in [0.2, 0.25) is 0 Å². The predicted molar refractivity (Wildman–Crippen MR) is 112 cm³/mol. The Bertz CT molecular complexity index is 1040. The first kappa shape index (κ1) is 21.3. The average molecular weight is 430 g/mol. The molecule has 0 radical (unpaired) electrons. The second-order valence-corrected chi connectivity index (χ2v) is 6.70. The SMILES string of the molecule is O=C(NC(=S)Nc1cccc(C(F)(F)F)c1)c1cccc(OCc2ccccc2)c1. The number of hydrogen-bond donors (Lipinski definition) is 2. The number of nitrogens with one attached hydrogen (secondary N) is 2. The molecule has 0 aliphatic heterocycles. The van der Waals surface area contributed by atoms with Crippen LogP contribution in [0.1, 0.15) is 21.5 Å². The summed E-state index contributed by atoms with van der Waals surface area (Å²) in [6.45, 7) is 0.349. The van der Waals surface area contributed by atoms with Gasteiger partial charge in [-0.15, -0.1) is 0 Å². The highest BCUT2D eigenvalue weighted by Crippen LogP contribution is 2.30. The van der Waals surface area contributed by atoms with Gasteiger partial charge < -0.3 is 10.1 Å². The van der Waals surface area contributed by atoms with Gasteiger partial charge in [-0.1, -0.05) is 42.5 Å². The first-order valence-corrected chi connectivity index (χ1v) is 9.28. The van der Waals surface area contributed by atoms with Crippen molar-refractivity contribution in [3.63, 3.8) is 0 Å². The highest BCUT2D eigenvalue weighted by molar-refractivity contribution is 7.80. The fourth-order valence-electron chi connectivity index (χ4n) is 2.58. The van der Waals surface area contributed by atoms with E-state index in [4.69, 9.17) is 17.0 Å². The van der Waals surface area contributed by atoms with Gasteiger partial charge in [-0.05, 0) is 54.2 Å². The number of alkyl halides is 3. The first-order valence-electron chi connectivity index (χ1n) is 8.87. The van der Waals surface area contributed by atoms with Gasteiger partial charge in [0.1, 0.15) is 12.4 Å². The van der Waals surface area contributed by atoms with E-state index in [2.05, 4.69) is 10.6 Å². The summed E-state index contributed by atoms with van der Waals surface area (Å²) in [5.74, 6) is -0.00658. The fourth-order valence-corrected chi connectivity index (χ4v) is 2.79. The number of thiocarbonyl (C=S) groups is 1. The quantitative estimate of drug-likeness (QED) is 0.532. The number of benzene rings is 3. The molecular weight excluding hydrogens is 413 g/mol. The molecule has 0 atom stereocenters. The molecule has 30 heavy (non-hydrogen) atoms. The largest absolute Gasteiger partial charge is 0.489 e. The van der Waals surface area contributed by atoms with Crippen LogP contribution in [0.5, 0.6) is 5.75 Å². The molecule has 3 aromatic carbocycles. The summed E-state index contributed by atoms with van der Waals surface area (Å²) in [6, 6.07) is 20.6. The van der Waals surface area contributed by atoms with Crippen LogP contribution in [0.25, 0.3) is 0 Å². The van der Waals surface area contributed by atoms with Gasteiger partial charge in [-0.3, -0.25) is 10.1 Å². The van der Waals surface area contributed by atoms with Crippen LogP contribution in [0.15, 0.2) is 78.9 Å². The maximum atomic E-state index is 12.8. The van der Waals surface area contributed by atoms with Crippen LogP contribution in [0.2, 0.25) is 0 Å². The summed E-state index contributed by atoms with van der Waals surface area (Å²) in [4.78, 5) is 12.4. The van der Waals surface area contributed by atoms with Crippen molar-refractivity contribution in [1.82, 2.24) is 5.32 Å². The molecule has 154 valence electrons. The number of hydrogen-bond acceptors (Lipinski definition) is 3. The maximum absolute atomic E-state index is 12.8. The van der Waals surface area contributed by atoms with Gasteiger partial charge in [-0.25, -0.2) is 0 Å². The molecule has 0 saturated carbocycles. The van der Waals surface area contributed by atoms with Gasteiger partial charge in [0, 0.05) is 11.3 Å². The Kier molecular flexibility index (Phi) is 6.68. The van der Waals surface area contributed by atoms with Crippen molar-refractivity contribution < 1.29 is 22.7 Å². The smallest absolute Gasteiger partial charge is 0.416 e. The van der Waals surface area contributed by atoms with Crippen LogP contribution in [0.3, 0.4) is 0 Å². The highest BCUT2D eigenvalue weighted by Gasteiger charge is 2.30. The van der Waals surface area contributed by atoms with Crippen molar-refractivity contribution in [1.29, 1.82) is 0 Å². The Balaban J connectivity index is 1.60. The molecule has 0 aliphatic rings. The lowest BCUT2D eigenvalue weighted by molar-refractivity contribution is -0.137. The third kappa shape index (κ3) is 6.05. The van der Waals surface area contributed by atoms with E-state index in [0.29, 0.717) is 17.9 Å². The lowest BCUT2D eigenvalue weighted by Gasteiger charge is -2.12. The van der Waals surface area contributed by atoms with Crippen molar-refractivity contribution in [2.75, 3.05) is 5.32 Å². The summed E-state index contributed by atoms with van der Waals surface area (Å²) in [5.41, 5.74) is 0.590. The Hall–Kier alpha value is -3.39. The Labute approximate surface area is 176 Å². The predicted octanol–water partition coefficient (Wildman–Crippen LogP) is 5.41. The molecular formula is C22H17F3N2O2S. The number of rotatable bonds is 5. The van der Waals surface area contributed by atoms with Crippen LogP contribution < -0.4 is 15.4 Å². The molecule has 0 bridgehead atoms. The highest BCUT2D eigenvalue weighted by atomic mass is 32.1. The molecule has 0 saturated heterocycles. The summed E-state index contributed by atoms with van der Waals surface area (Å²) in [6.07, 6.45) is -4.47. The zero-order chi connectivity index (χ0) is 21.6. The van der Waals surface area contributed by atoms with Crippen molar-refractivity contribution in [2.45, 2.75) is 12.8 Å². The van der Waals surface area contributed by atoms with Gasteiger partial charge in [-0.2, -0.15) is 13.2 Å². The molecule has 4 nitrogen and oxygen atoms in total. The minimum Gasteiger partial charge on any atom is -0.489 e. The molecule has 3 rings (SSSR count). The Morgan fingerprint density at radius 2 is 1.67 bits per heavy atom. The molecule has 0 aliphatic carbocycles. The zero-order valence-corrected chi connectivity index (χ0v) is 16.4. The van der Waals surface area contributed by atoms with Crippen molar-refractivity contribution in [2.24, 2.45) is 0 Å². The number of carbonyl (C=O) groups excluding carboxylic acids is 1. The van der Waals surface area contributed by atoms with E-state index >= 15 is 0 Å². The third-order valence-corrected chi connectivity index (χ3v) is 4.22. The summed E-state index contributed by atoms with van der Waals surface area (Å²) in [5, 5.41) is 4.92. The molecule has 1 amide bonds. The first-order chi connectivity index (χ1) is 14.3. The van der Waals surface area contributed by atoms with Crippen molar-refractivity contribution in [3.8, 4) is 5.75 Å². The van der Waals surface area contributed by atoms with Gasteiger partial charge in [0.15, 0.2) is 5.11 Å². The van der Waals surface area contributed by atoms with Crippen LogP contribution in [-0.2, 0) is 12.8 Å². The van der Waals surface area contributed by atoms with E-state index < -0.39 is 17.6 Å². The van der Waals surface area contributed by atoms with Gasteiger partial charge >= 0.3 is 6.18 Å². The Morgan fingerprint density at radius 3 is 2.40 bits per heavy atom. The van der Waals surface area contributed by atoms with Crippen LogP contribution in [0.4, 0.5) is 18.9 Å². The minimum atomic E-state index is -4.47. The maximum Gasteiger partial charge on any atom is 0.416 e. The van der Waals surface area contributed by atoms with Crippen LogP contribution in [0, 0.1) is 0 Å². The standard InChI is InChI=1S/C22H17F3N2O2S/c23-22(24,25)17-9-5-10-18(13-17)26-21(30)27-20(28)16-8-4-11-19(12-16)29-14-15-6-2-1-3-7-15/h1-13H,14H2,(H2,26,27,28,30). The molecule has 8 heteroatoms. The molecule has 0 spiro atoms. The van der Waals surface area contributed by atoms with Crippen molar-refractivity contribution in [3.05, 3.63) is 95.6 Å². The monoisotopic (exact) mass is 430 g/mol. The second kappa shape index (κ2) is 9.41. The molecule has 0 aromatic heterocycles. The number of halogens is 3. The van der Waals surface area contributed by atoms with E-state index in [1.165, 1.54) is 12.1 Å².